The van der Waals surface area contributed by atoms with E-state index in [1.807, 2.05) is 4.90 Å². The van der Waals surface area contributed by atoms with Crippen molar-refractivity contribution in [3.05, 3.63) is 0 Å². The van der Waals surface area contributed by atoms with Gasteiger partial charge in [-0.05, 0) is 25.2 Å². The lowest BCUT2D eigenvalue weighted by Gasteiger charge is -2.44. The molecular weight excluding hydrogens is 347 g/mol. The third-order valence-corrected chi connectivity index (χ3v) is 5.15. The first-order chi connectivity index (χ1) is 8.50. The monoisotopic (exact) mass is 366 g/mol. The van der Waals surface area contributed by atoms with Crippen molar-refractivity contribution in [2.24, 2.45) is 5.92 Å². The molecule has 2 saturated heterocycles. The highest BCUT2D eigenvalue weighted by atomic mass is 127. The van der Waals surface area contributed by atoms with E-state index >= 15 is 0 Å². The van der Waals surface area contributed by atoms with Crippen LogP contribution in [-0.2, 0) is 4.79 Å². The van der Waals surface area contributed by atoms with Crippen LogP contribution in [0.25, 0.3) is 0 Å². The summed E-state index contributed by atoms with van der Waals surface area (Å²) in [5.74, 6) is 0.567. The first-order valence-electron chi connectivity index (χ1n) is 6.43. The molecular formula is C12H19IN2O3. The molecule has 5 nitrogen and oxygen atoms in total. The number of likely N-dealkylation sites (tertiary alicyclic amines) is 2. The third-order valence-electron chi connectivity index (χ3n) is 4.00. The molecule has 0 radical (unpaired) electrons. The first kappa shape index (κ1) is 13.9. The van der Waals surface area contributed by atoms with Crippen LogP contribution in [0.1, 0.15) is 26.2 Å². The van der Waals surface area contributed by atoms with E-state index in [1.165, 1.54) is 4.90 Å². The minimum Gasteiger partial charge on any atom is -0.465 e. The minimum absolute atomic E-state index is 0.0555. The van der Waals surface area contributed by atoms with Gasteiger partial charge in [-0.25, -0.2) is 4.79 Å². The topological polar surface area (TPSA) is 60.9 Å². The highest BCUT2D eigenvalue weighted by Gasteiger charge is 2.38. The van der Waals surface area contributed by atoms with Crippen molar-refractivity contribution in [1.29, 1.82) is 0 Å². The van der Waals surface area contributed by atoms with Crippen LogP contribution in [0.3, 0.4) is 0 Å². The van der Waals surface area contributed by atoms with Gasteiger partial charge in [0.2, 0.25) is 5.91 Å². The Morgan fingerprint density at radius 1 is 1.39 bits per heavy atom. The molecule has 1 N–H and O–H groups in total. The molecule has 18 heavy (non-hydrogen) atoms. The van der Waals surface area contributed by atoms with Gasteiger partial charge < -0.3 is 14.9 Å². The Hall–Kier alpha value is -0.530. The predicted molar refractivity (Wildman–Crippen MR) is 75.9 cm³/mol. The Labute approximate surface area is 121 Å². The maximum Gasteiger partial charge on any atom is 0.407 e. The molecule has 2 heterocycles. The number of amides is 2. The largest absolute Gasteiger partial charge is 0.465 e. The van der Waals surface area contributed by atoms with Gasteiger partial charge in [0.05, 0.1) is 9.97 Å². The van der Waals surface area contributed by atoms with Crippen LogP contribution in [0.15, 0.2) is 0 Å². The van der Waals surface area contributed by atoms with E-state index in [1.54, 1.807) is 0 Å². The van der Waals surface area contributed by atoms with Gasteiger partial charge in [0, 0.05) is 19.6 Å². The Morgan fingerprint density at radius 3 is 2.78 bits per heavy atom. The molecule has 2 rings (SSSR count). The normalized spacial score (nSPS) is 33.7. The number of carbonyl (C=O) groups excluding carboxylic acids is 1. The molecule has 2 fully saturated rings. The van der Waals surface area contributed by atoms with Crippen molar-refractivity contribution in [1.82, 2.24) is 9.80 Å². The fourth-order valence-corrected chi connectivity index (χ4v) is 3.61. The van der Waals surface area contributed by atoms with E-state index in [4.69, 9.17) is 5.11 Å². The summed E-state index contributed by atoms with van der Waals surface area (Å²) in [5, 5.41) is 9.08. The highest BCUT2D eigenvalue weighted by molar-refractivity contribution is 14.1. The van der Waals surface area contributed by atoms with E-state index < -0.39 is 6.09 Å². The lowest BCUT2D eigenvalue weighted by Crippen LogP contribution is -2.57. The molecule has 102 valence electrons. The van der Waals surface area contributed by atoms with E-state index in [0.29, 0.717) is 19.0 Å². The molecule has 0 saturated carbocycles. The maximum absolute atomic E-state index is 12.2. The number of halogens is 1. The average molecular weight is 366 g/mol. The quantitative estimate of drug-likeness (QED) is 0.569. The molecule has 6 heteroatoms. The van der Waals surface area contributed by atoms with Gasteiger partial charge in [-0.2, -0.15) is 0 Å². The van der Waals surface area contributed by atoms with E-state index in [9.17, 15) is 9.59 Å². The number of alkyl halides is 1. The van der Waals surface area contributed by atoms with E-state index in [0.717, 1.165) is 25.8 Å². The van der Waals surface area contributed by atoms with Crippen molar-refractivity contribution in [3.63, 3.8) is 0 Å². The summed E-state index contributed by atoms with van der Waals surface area (Å²) in [4.78, 5) is 26.6. The molecule has 0 aromatic carbocycles. The fourth-order valence-electron chi connectivity index (χ4n) is 2.81. The lowest BCUT2D eigenvalue weighted by molar-refractivity contribution is -0.137. The molecule has 0 spiro atoms. The Kier molecular flexibility index (Phi) is 4.34. The van der Waals surface area contributed by atoms with Crippen LogP contribution in [0.2, 0.25) is 0 Å². The van der Waals surface area contributed by atoms with Gasteiger partial charge in [0.15, 0.2) is 0 Å². The summed E-state index contributed by atoms with van der Waals surface area (Å²) in [5.41, 5.74) is 0. The molecule has 2 aliphatic heterocycles. The van der Waals surface area contributed by atoms with Crippen molar-refractivity contribution in [3.8, 4) is 0 Å². The second kappa shape index (κ2) is 5.63. The van der Waals surface area contributed by atoms with Crippen LogP contribution < -0.4 is 0 Å². The average Bonchev–Trinajstić information content (AvgIpc) is 2.33. The molecule has 2 aliphatic rings. The molecule has 3 atom stereocenters. The zero-order valence-electron chi connectivity index (χ0n) is 10.5. The van der Waals surface area contributed by atoms with Crippen LogP contribution in [-0.4, -0.2) is 56.5 Å². The lowest BCUT2D eigenvalue weighted by atomic mass is 9.91. The number of nitrogens with zero attached hydrogens (tertiary/aromatic N) is 2. The van der Waals surface area contributed by atoms with Crippen molar-refractivity contribution < 1.29 is 14.7 Å². The molecule has 3 unspecified atom stereocenters. The summed E-state index contributed by atoms with van der Waals surface area (Å²) >= 11 is 2.20. The van der Waals surface area contributed by atoms with E-state index in [-0.39, 0.29) is 15.9 Å². The van der Waals surface area contributed by atoms with Crippen LogP contribution in [0.4, 0.5) is 4.79 Å². The minimum atomic E-state index is -0.873. The fraction of sp³-hybridized carbons (Fsp3) is 0.833. The number of carbonyl (C=O) groups is 2. The second-order valence-corrected chi connectivity index (χ2v) is 6.71. The number of hydrogen-bond acceptors (Lipinski definition) is 2. The second-order valence-electron chi connectivity index (χ2n) is 5.20. The summed E-state index contributed by atoms with van der Waals surface area (Å²) < 4.78 is 0.0590. The SMILES string of the molecule is CC1CCN(C(=O)O)CC1N1CCCC(I)C1=O. The zero-order chi connectivity index (χ0) is 13.3. The third kappa shape index (κ3) is 2.73. The zero-order valence-corrected chi connectivity index (χ0v) is 12.7. The van der Waals surface area contributed by atoms with Gasteiger partial charge in [-0.15, -0.1) is 0 Å². The maximum atomic E-state index is 12.2. The van der Waals surface area contributed by atoms with Gasteiger partial charge in [-0.1, -0.05) is 29.5 Å². The Bertz CT molecular complexity index is 350. The Morgan fingerprint density at radius 2 is 2.11 bits per heavy atom. The molecule has 0 bridgehead atoms. The van der Waals surface area contributed by atoms with E-state index in [2.05, 4.69) is 29.5 Å². The van der Waals surface area contributed by atoms with Gasteiger partial charge in [0.25, 0.3) is 0 Å². The highest BCUT2D eigenvalue weighted by Crippen LogP contribution is 2.28. The Balaban J connectivity index is 2.09. The summed E-state index contributed by atoms with van der Waals surface area (Å²) in [6.45, 7) is 3.95. The number of hydrogen-bond donors (Lipinski definition) is 1. The molecule has 2 amide bonds. The number of piperidine rings is 2. The van der Waals surface area contributed by atoms with Crippen LogP contribution in [0.5, 0.6) is 0 Å². The smallest absolute Gasteiger partial charge is 0.407 e. The standard InChI is InChI=1S/C12H19IN2O3/c1-8-4-6-14(12(17)18)7-10(8)15-5-2-3-9(13)11(15)16/h8-10H,2-7H2,1H3,(H,17,18). The molecule has 0 aromatic heterocycles. The summed E-state index contributed by atoms with van der Waals surface area (Å²) in [6.07, 6.45) is 1.93. The first-order valence-corrected chi connectivity index (χ1v) is 7.67. The number of carboxylic acid groups (broad SMARTS) is 1. The molecule has 0 aromatic rings. The van der Waals surface area contributed by atoms with Gasteiger partial charge in [-0.3, -0.25) is 4.79 Å². The van der Waals surface area contributed by atoms with Gasteiger partial charge in [0.1, 0.15) is 0 Å². The van der Waals surface area contributed by atoms with Crippen molar-refractivity contribution in [2.45, 2.75) is 36.2 Å². The van der Waals surface area contributed by atoms with Crippen LogP contribution >= 0.6 is 22.6 Å². The van der Waals surface area contributed by atoms with Crippen LogP contribution in [0, 0.1) is 5.92 Å². The van der Waals surface area contributed by atoms with Crippen molar-refractivity contribution >= 4 is 34.6 Å². The predicted octanol–water partition coefficient (Wildman–Crippen LogP) is 1.80. The summed E-state index contributed by atoms with van der Waals surface area (Å²) in [7, 11) is 0. The molecule has 0 aliphatic carbocycles. The van der Waals surface area contributed by atoms with Crippen molar-refractivity contribution in [2.75, 3.05) is 19.6 Å². The van der Waals surface area contributed by atoms with Gasteiger partial charge >= 0.3 is 6.09 Å². The summed E-state index contributed by atoms with van der Waals surface area (Å²) in [6, 6.07) is 0.0555. The number of rotatable bonds is 1.